The van der Waals surface area contributed by atoms with Gasteiger partial charge in [0.2, 0.25) is 0 Å². The first kappa shape index (κ1) is 14.6. The normalized spacial score (nSPS) is 16.6. The molecule has 0 bridgehead atoms. The van der Waals surface area contributed by atoms with Gasteiger partial charge in [-0.05, 0) is 27.7 Å². The van der Waals surface area contributed by atoms with Crippen LogP contribution >= 0.6 is 0 Å². The molecule has 0 spiro atoms. The van der Waals surface area contributed by atoms with E-state index in [9.17, 15) is 14.4 Å². The molecule has 1 aliphatic rings. The Hall–Kier alpha value is -1.43. The Kier molecular flexibility index (Phi) is 4.45. The Morgan fingerprint density at radius 3 is 2.22 bits per heavy atom. The number of imide groups is 1. The van der Waals surface area contributed by atoms with Crippen LogP contribution in [-0.4, -0.2) is 34.6 Å². The minimum atomic E-state index is -0.697. The zero-order valence-electron chi connectivity index (χ0n) is 11.2. The number of hydrogen-bond donors (Lipinski definition) is 0. The number of amides is 2. The zero-order valence-corrected chi connectivity index (χ0v) is 11.2. The van der Waals surface area contributed by atoms with Crippen molar-refractivity contribution in [3.05, 3.63) is 0 Å². The van der Waals surface area contributed by atoms with Crippen molar-refractivity contribution in [3.63, 3.8) is 0 Å². The van der Waals surface area contributed by atoms with Crippen LogP contribution in [0.3, 0.4) is 0 Å². The topological polar surface area (TPSA) is 72.9 Å². The molecule has 1 rings (SSSR count). The number of hydroxylamine groups is 2. The Balaban J connectivity index is 2.51. The maximum atomic E-state index is 11.6. The smallest absolute Gasteiger partial charge is 0.336 e. The van der Waals surface area contributed by atoms with Crippen LogP contribution in [0.4, 0.5) is 0 Å². The molecule has 18 heavy (non-hydrogen) atoms. The predicted octanol–water partition coefficient (Wildman–Crippen LogP) is 1.19. The van der Waals surface area contributed by atoms with Gasteiger partial charge in [-0.2, -0.15) is 0 Å². The molecule has 0 aromatic rings. The fraction of sp³-hybridized carbons (Fsp3) is 0.750. The average Bonchev–Trinajstić information content (AvgIpc) is 2.46. The lowest BCUT2D eigenvalue weighted by atomic mass is 10.1. The molecule has 0 aromatic heterocycles. The first-order valence-electron chi connectivity index (χ1n) is 5.96. The summed E-state index contributed by atoms with van der Waals surface area (Å²) in [7, 11) is 0. The highest BCUT2D eigenvalue weighted by molar-refractivity contribution is 6.01. The van der Waals surface area contributed by atoms with Gasteiger partial charge >= 0.3 is 5.97 Å². The Morgan fingerprint density at radius 1 is 1.28 bits per heavy atom. The maximum Gasteiger partial charge on any atom is 0.336 e. The quantitative estimate of drug-likeness (QED) is 0.692. The lowest BCUT2D eigenvalue weighted by Crippen LogP contribution is -2.37. The molecule has 102 valence electrons. The minimum absolute atomic E-state index is 0.0251. The Bertz CT molecular complexity index is 345. The number of carbonyl (C=O) groups excluding carboxylic acids is 3. The fourth-order valence-corrected chi connectivity index (χ4v) is 1.82. The van der Waals surface area contributed by atoms with Gasteiger partial charge in [-0.25, -0.2) is 4.79 Å². The maximum absolute atomic E-state index is 11.6. The molecule has 0 aliphatic carbocycles. The van der Waals surface area contributed by atoms with E-state index in [0.29, 0.717) is 5.06 Å². The monoisotopic (exact) mass is 257 g/mol. The van der Waals surface area contributed by atoms with Gasteiger partial charge in [0, 0.05) is 12.8 Å². The average molecular weight is 257 g/mol. The summed E-state index contributed by atoms with van der Waals surface area (Å²) in [5.41, 5.74) is -0.697. The summed E-state index contributed by atoms with van der Waals surface area (Å²) < 4.78 is 5.54. The summed E-state index contributed by atoms with van der Waals surface area (Å²) in [6.07, 6.45) is 0.140. The third-order valence-electron chi connectivity index (χ3n) is 2.32. The first-order valence-corrected chi connectivity index (χ1v) is 5.96. The van der Waals surface area contributed by atoms with Gasteiger partial charge in [0.05, 0.1) is 18.1 Å². The molecular weight excluding hydrogens is 238 g/mol. The van der Waals surface area contributed by atoms with E-state index in [1.165, 1.54) is 0 Å². The van der Waals surface area contributed by atoms with Crippen molar-refractivity contribution in [2.75, 3.05) is 0 Å². The third-order valence-corrected chi connectivity index (χ3v) is 2.32. The second-order valence-electron chi connectivity index (χ2n) is 5.15. The standard InChI is InChI=1S/C12H19NO5/c1-8(2)17-12(3,4)7-11(16)18-13-9(14)5-6-10(13)15/h8H,5-7H2,1-4H3. The molecule has 0 atom stereocenters. The molecule has 0 saturated carbocycles. The van der Waals surface area contributed by atoms with Gasteiger partial charge in [0.1, 0.15) is 0 Å². The zero-order chi connectivity index (χ0) is 13.9. The van der Waals surface area contributed by atoms with Gasteiger partial charge < -0.3 is 9.57 Å². The van der Waals surface area contributed by atoms with Gasteiger partial charge in [0.15, 0.2) is 0 Å². The van der Waals surface area contributed by atoms with E-state index in [2.05, 4.69) is 0 Å². The number of ether oxygens (including phenoxy) is 1. The van der Waals surface area contributed by atoms with E-state index in [0.717, 1.165) is 0 Å². The van der Waals surface area contributed by atoms with Crippen LogP contribution in [0.25, 0.3) is 0 Å². The molecule has 0 aromatic carbocycles. The minimum Gasteiger partial charge on any atom is -0.372 e. The van der Waals surface area contributed by atoms with Crippen molar-refractivity contribution >= 4 is 17.8 Å². The molecule has 6 nitrogen and oxygen atoms in total. The highest BCUT2D eigenvalue weighted by atomic mass is 16.7. The molecule has 1 heterocycles. The highest BCUT2D eigenvalue weighted by Gasteiger charge is 2.34. The molecule has 2 amide bonds. The van der Waals surface area contributed by atoms with Crippen LogP contribution in [-0.2, 0) is 24.0 Å². The predicted molar refractivity (Wildman–Crippen MR) is 62.1 cm³/mol. The molecule has 1 aliphatic heterocycles. The first-order chi connectivity index (χ1) is 8.21. The summed E-state index contributed by atoms with van der Waals surface area (Å²) in [4.78, 5) is 38.9. The van der Waals surface area contributed by atoms with Crippen LogP contribution in [0.5, 0.6) is 0 Å². The summed E-state index contributed by atoms with van der Waals surface area (Å²) in [5.74, 6) is -1.60. The SMILES string of the molecule is CC(C)OC(C)(C)CC(=O)ON1C(=O)CCC1=O. The second kappa shape index (κ2) is 5.48. The summed E-state index contributed by atoms with van der Waals surface area (Å²) >= 11 is 0. The fourth-order valence-electron chi connectivity index (χ4n) is 1.82. The van der Waals surface area contributed by atoms with Gasteiger partial charge in [-0.15, -0.1) is 5.06 Å². The van der Waals surface area contributed by atoms with Crippen molar-refractivity contribution in [1.29, 1.82) is 0 Å². The number of carbonyl (C=O) groups is 3. The van der Waals surface area contributed by atoms with Crippen molar-refractivity contribution in [2.24, 2.45) is 0 Å². The largest absolute Gasteiger partial charge is 0.372 e. The van der Waals surface area contributed by atoms with Crippen LogP contribution in [0.15, 0.2) is 0 Å². The molecule has 0 unspecified atom stereocenters. The lowest BCUT2D eigenvalue weighted by Gasteiger charge is -2.27. The summed E-state index contributed by atoms with van der Waals surface area (Å²) in [5, 5.41) is 0.549. The van der Waals surface area contributed by atoms with E-state index in [4.69, 9.17) is 9.57 Å². The van der Waals surface area contributed by atoms with Gasteiger partial charge in [0.25, 0.3) is 11.8 Å². The molecule has 1 fully saturated rings. The van der Waals surface area contributed by atoms with Crippen molar-refractivity contribution in [3.8, 4) is 0 Å². The number of hydrogen-bond acceptors (Lipinski definition) is 5. The highest BCUT2D eigenvalue weighted by Crippen LogP contribution is 2.19. The number of rotatable bonds is 5. The molecule has 0 radical (unpaired) electrons. The van der Waals surface area contributed by atoms with E-state index >= 15 is 0 Å². The van der Waals surface area contributed by atoms with Crippen LogP contribution < -0.4 is 0 Å². The third kappa shape index (κ3) is 4.10. The molecular formula is C12H19NO5. The summed E-state index contributed by atoms with van der Waals surface area (Å²) in [6, 6.07) is 0. The van der Waals surface area contributed by atoms with Gasteiger partial charge in [-0.1, -0.05) is 0 Å². The molecule has 6 heteroatoms. The van der Waals surface area contributed by atoms with Crippen molar-refractivity contribution < 1.29 is 24.0 Å². The van der Waals surface area contributed by atoms with Crippen LogP contribution in [0, 0.1) is 0 Å². The van der Waals surface area contributed by atoms with E-state index in [1.54, 1.807) is 13.8 Å². The van der Waals surface area contributed by atoms with Crippen molar-refractivity contribution in [1.82, 2.24) is 5.06 Å². The lowest BCUT2D eigenvalue weighted by molar-refractivity contribution is -0.201. The van der Waals surface area contributed by atoms with E-state index in [-0.39, 0.29) is 25.4 Å². The summed E-state index contributed by atoms with van der Waals surface area (Å²) in [6.45, 7) is 7.23. The van der Waals surface area contributed by atoms with Crippen LogP contribution in [0.1, 0.15) is 47.0 Å². The van der Waals surface area contributed by atoms with Gasteiger partial charge in [-0.3, -0.25) is 9.59 Å². The van der Waals surface area contributed by atoms with E-state index < -0.39 is 23.4 Å². The Morgan fingerprint density at radius 2 is 1.78 bits per heavy atom. The van der Waals surface area contributed by atoms with Crippen LogP contribution in [0.2, 0.25) is 0 Å². The molecule has 0 N–H and O–H groups in total. The Labute approximate surface area is 106 Å². The van der Waals surface area contributed by atoms with E-state index in [1.807, 2.05) is 13.8 Å². The second-order valence-corrected chi connectivity index (χ2v) is 5.15. The number of nitrogens with zero attached hydrogens (tertiary/aromatic N) is 1. The van der Waals surface area contributed by atoms with Crippen molar-refractivity contribution in [2.45, 2.75) is 58.7 Å². The molecule has 1 saturated heterocycles.